The van der Waals surface area contributed by atoms with Gasteiger partial charge in [0.15, 0.2) is 0 Å². The Morgan fingerprint density at radius 3 is 2.59 bits per heavy atom. The molecule has 0 radical (unpaired) electrons. The molecule has 0 bridgehead atoms. The maximum absolute atomic E-state index is 5.81. The van der Waals surface area contributed by atoms with Gasteiger partial charge in [0.1, 0.15) is 11.0 Å². The van der Waals surface area contributed by atoms with Gasteiger partial charge in [0, 0.05) is 11.8 Å². The predicted octanol–water partition coefficient (Wildman–Crippen LogP) is 4.14. The molecule has 1 heterocycles. The molecular weight excluding hydrogens is 257 g/mol. The summed E-state index contributed by atoms with van der Waals surface area (Å²) >= 11 is 11.6. The van der Waals surface area contributed by atoms with E-state index in [2.05, 4.69) is 28.3 Å². The van der Waals surface area contributed by atoms with Gasteiger partial charge in [0.2, 0.25) is 5.28 Å². The van der Waals surface area contributed by atoms with E-state index in [1.54, 1.807) is 6.07 Å². The second-order valence-electron chi connectivity index (χ2n) is 3.72. The van der Waals surface area contributed by atoms with Gasteiger partial charge in [-0.15, -0.1) is 0 Å². The molecule has 0 aliphatic carbocycles. The summed E-state index contributed by atoms with van der Waals surface area (Å²) in [6.07, 6.45) is 0. The molecule has 1 aromatic carbocycles. The Bertz CT molecular complexity index is 535. The van der Waals surface area contributed by atoms with Gasteiger partial charge >= 0.3 is 0 Å². The highest BCUT2D eigenvalue weighted by Crippen LogP contribution is 2.23. The van der Waals surface area contributed by atoms with E-state index in [-0.39, 0.29) is 5.28 Å². The summed E-state index contributed by atoms with van der Waals surface area (Å²) in [5.74, 6) is 0.587. The van der Waals surface area contributed by atoms with Gasteiger partial charge in [0.25, 0.3) is 0 Å². The Kier molecular flexibility index (Phi) is 3.50. The number of anilines is 2. The second kappa shape index (κ2) is 4.90. The molecule has 3 nitrogen and oxygen atoms in total. The molecule has 1 N–H and O–H groups in total. The number of hydrogen-bond donors (Lipinski definition) is 1. The molecule has 0 unspecified atom stereocenters. The number of halogens is 2. The monoisotopic (exact) mass is 267 g/mol. The molecule has 1 aromatic heterocycles. The average Bonchev–Trinajstić information content (AvgIpc) is 2.23. The topological polar surface area (TPSA) is 37.8 Å². The summed E-state index contributed by atoms with van der Waals surface area (Å²) in [6, 6.07) is 7.65. The minimum absolute atomic E-state index is 0.130. The molecule has 2 aromatic rings. The zero-order valence-corrected chi connectivity index (χ0v) is 11.0. The van der Waals surface area contributed by atoms with Crippen molar-refractivity contribution < 1.29 is 0 Å². The number of nitrogens with zero attached hydrogens (tertiary/aromatic N) is 2. The Morgan fingerprint density at radius 2 is 1.88 bits per heavy atom. The number of aryl methyl sites for hydroxylation is 1. The fourth-order valence-corrected chi connectivity index (χ4v) is 1.89. The van der Waals surface area contributed by atoms with Crippen molar-refractivity contribution in [1.82, 2.24) is 9.97 Å². The van der Waals surface area contributed by atoms with Crippen molar-refractivity contribution in [3.8, 4) is 0 Å². The van der Waals surface area contributed by atoms with Crippen molar-refractivity contribution in [2.45, 2.75) is 13.8 Å². The van der Waals surface area contributed by atoms with Crippen LogP contribution in [0.4, 0.5) is 11.5 Å². The summed E-state index contributed by atoms with van der Waals surface area (Å²) < 4.78 is 0. The van der Waals surface area contributed by atoms with E-state index in [9.17, 15) is 0 Å². The van der Waals surface area contributed by atoms with E-state index in [0.717, 1.165) is 5.69 Å². The highest BCUT2D eigenvalue weighted by atomic mass is 35.5. The van der Waals surface area contributed by atoms with Crippen LogP contribution in [0.2, 0.25) is 10.4 Å². The molecule has 88 valence electrons. The molecule has 0 saturated carbocycles. The summed E-state index contributed by atoms with van der Waals surface area (Å²) in [4.78, 5) is 7.85. The smallest absolute Gasteiger partial charge is 0.225 e. The Hall–Kier alpha value is -1.32. The molecule has 0 atom stereocenters. The van der Waals surface area contributed by atoms with Crippen molar-refractivity contribution in [2.75, 3.05) is 5.32 Å². The Labute approximate surface area is 110 Å². The van der Waals surface area contributed by atoms with Gasteiger partial charge in [-0.2, -0.15) is 0 Å². The molecule has 0 saturated heterocycles. The molecule has 0 amide bonds. The van der Waals surface area contributed by atoms with Gasteiger partial charge < -0.3 is 5.32 Å². The molecule has 0 aliphatic rings. The van der Waals surface area contributed by atoms with Crippen LogP contribution in [0.3, 0.4) is 0 Å². The minimum Gasteiger partial charge on any atom is -0.340 e. The van der Waals surface area contributed by atoms with Crippen molar-refractivity contribution >= 4 is 34.7 Å². The lowest BCUT2D eigenvalue weighted by Gasteiger charge is -2.10. The molecule has 0 aliphatic heterocycles. The van der Waals surface area contributed by atoms with Gasteiger partial charge in [-0.25, -0.2) is 9.97 Å². The predicted molar refractivity (Wildman–Crippen MR) is 71.3 cm³/mol. The van der Waals surface area contributed by atoms with Crippen LogP contribution in [-0.2, 0) is 0 Å². The Balaban J connectivity index is 2.34. The first-order valence-corrected chi connectivity index (χ1v) is 5.85. The highest BCUT2D eigenvalue weighted by molar-refractivity contribution is 6.32. The summed E-state index contributed by atoms with van der Waals surface area (Å²) in [7, 11) is 0. The highest BCUT2D eigenvalue weighted by Gasteiger charge is 2.04. The fourth-order valence-electron chi connectivity index (χ4n) is 1.48. The third kappa shape index (κ3) is 2.87. The van der Waals surface area contributed by atoms with E-state index in [1.165, 1.54) is 11.1 Å². The molecular formula is C12H11Cl2N3. The average molecular weight is 268 g/mol. The van der Waals surface area contributed by atoms with Crippen LogP contribution in [-0.4, -0.2) is 9.97 Å². The normalized spacial score (nSPS) is 10.4. The zero-order valence-electron chi connectivity index (χ0n) is 9.46. The second-order valence-corrected chi connectivity index (χ2v) is 4.44. The maximum atomic E-state index is 5.81. The van der Waals surface area contributed by atoms with E-state index in [1.807, 2.05) is 19.1 Å². The van der Waals surface area contributed by atoms with Crippen molar-refractivity contribution in [3.05, 3.63) is 45.8 Å². The molecule has 0 spiro atoms. The van der Waals surface area contributed by atoms with Gasteiger partial charge in [0.05, 0.1) is 0 Å². The lowest BCUT2D eigenvalue weighted by Crippen LogP contribution is -1.98. The number of nitrogens with one attached hydrogen (secondary N) is 1. The van der Waals surface area contributed by atoms with Gasteiger partial charge in [-0.3, -0.25) is 0 Å². The van der Waals surface area contributed by atoms with Crippen molar-refractivity contribution in [1.29, 1.82) is 0 Å². The Morgan fingerprint density at radius 1 is 1.12 bits per heavy atom. The number of hydrogen-bond acceptors (Lipinski definition) is 3. The van der Waals surface area contributed by atoms with Crippen molar-refractivity contribution in [2.24, 2.45) is 0 Å². The van der Waals surface area contributed by atoms with Crippen LogP contribution in [0.5, 0.6) is 0 Å². The largest absolute Gasteiger partial charge is 0.340 e. The third-order valence-electron chi connectivity index (χ3n) is 2.53. The first-order valence-electron chi connectivity index (χ1n) is 5.09. The number of aromatic nitrogens is 2. The summed E-state index contributed by atoms with van der Waals surface area (Å²) in [6.45, 7) is 4.10. The third-order valence-corrected chi connectivity index (χ3v) is 2.90. The fraction of sp³-hybridized carbons (Fsp3) is 0.167. The SMILES string of the molecule is Cc1cccc(Nc2cc(Cl)nc(Cl)n2)c1C. The van der Waals surface area contributed by atoms with Crippen LogP contribution in [0.15, 0.2) is 24.3 Å². The molecule has 0 fully saturated rings. The lowest BCUT2D eigenvalue weighted by molar-refractivity contribution is 1.16. The maximum Gasteiger partial charge on any atom is 0.225 e. The van der Waals surface area contributed by atoms with Crippen LogP contribution >= 0.6 is 23.2 Å². The molecule has 5 heteroatoms. The van der Waals surface area contributed by atoms with E-state index < -0.39 is 0 Å². The molecule has 2 rings (SSSR count). The first-order chi connectivity index (χ1) is 8.06. The quantitative estimate of drug-likeness (QED) is 0.657. The van der Waals surface area contributed by atoms with Crippen molar-refractivity contribution in [3.63, 3.8) is 0 Å². The van der Waals surface area contributed by atoms with Crippen LogP contribution < -0.4 is 5.32 Å². The lowest BCUT2D eigenvalue weighted by atomic mass is 10.1. The van der Waals surface area contributed by atoms with E-state index in [0.29, 0.717) is 11.0 Å². The number of rotatable bonds is 2. The first kappa shape index (κ1) is 12.1. The van der Waals surface area contributed by atoms with Gasteiger partial charge in [-0.05, 0) is 42.6 Å². The minimum atomic E-state index is 0.130. The van der Waals surface area contributed by atoms with Crippen LogP contribution in [0, 0.1) is 13.8 Å². The van der Waals surface area contributed by atoms with Crippen LogP contribution in [0.25, 0.3) is 0 Å². The van der Waals surface area contributed by atoms with E-state index in [4.69, 9.17) is 23.2 Å². The van der Waals surface area contributed by atoms with E-state index >= 15 is 0 Å². The van der Waals surface area contributed by atoms with Crippen LogP contribution in [0.1, 0.15) is 11.1 Å². The summed E-state index contributed by atoms with van der Waals surface area (Å²) in [5.41, 5.74) is 3.36. The number of benzene rings is 1. The standard InChI is InChI=1S/C12H11Cl2N3/c1-7-4-3-5-9(8(7)2)15-11-6-10(13)16-12(14)17-11/h3-6H,1-2H3,(H,15,16,17). The zero-order chi connectivity index (χ0) is 12.4. The summed E-state index contributed by atoms with van der Waals surface area (Å²) in [5, 5.41) is 3.62. The van der Waals surface area contributed by atoms with Gasteiger partial charge in [-0.1, -0.05) is 23.7 Å². The molecule has 17 heavy (non-hydrogen) atoms.